The lowest BCUT2D eigenvalue weighted by Gasteiger charge is -2.34. The first kappa shape index (κ1) is 12.5. The highest BCUT2D eigenvalue weighted by Gasteiger charge is 2.26. The Balaban J connectivity index is 1.85. The van der Waals surface area contributed by atoms with E-state index in [1.54, 1.807) is 12.4 Å². The van der Waals surface area contributed by atoms with Gasteiger partial charge in [-0.15, -0.1) is 0 Å². The van der Waals surface area contributed by atoms with Gasteiger partial charge in [-0.1, -0.05) is 26.2 Å². The second-order valence-electron chi connectivity index (χ2n) is 5.60. The second-order valence-corrected chi connectivity index (χ2v) is 5.60. The third-order valence-electron chi connectivity index (χ3n) is 3.92. The van der Waals surface area contributed by atoms with Crippen LogP contribution >= 0.6 is 0 Å². The van der Waals surface area contributed by atoms with Crippen LogP contribution in [-0.2, 0) is 0 Å². The fourth-order valence-corrected chi connectivity index (χ4v) is 2.62. The van der Waals surface area contributed by atoms with Crippen LogP contribution in [0.3, 0.4) is 0 Å². The molecule has 0 radical (unpaired) electrons. The fraction of sp³-hybridized carbons (Fsp3) is 0.714. The van der Waals surface area contributed by atoms with Crippen LogP contribution < -0.4 is 5.32 Å². The molecule has 17 heavy (non-hydrogen) atoms. The Hall–Kier alpha value is -0.960. The predicted molar refractivity (Wildman–Crippen MR) is 69.6 cm³/mol. The largest absolute Gasteiger partial charge is 0.308 e. The normalized spacial score (nSPS) is 21.1. The van der Waals surface area contributed by atoms with Crippen LogP contribution in [0.4, 0.5) is 0 Å². The van der Waals surface area contributed by atoms with E-state index in [0.29, 0.717) is 11.5 Å². The van der Waals surface area contributed by atoms with Gasteiger partial charge < -0.3 is 5.32 Å². The van der Waals surface area contributed by atoms with Gasteiger partial charge in [-0.2, -0.15) is 0 Å². The van der Waals surface area contributed by atoms with Crippen molar-refractivity contribution in [1.82, 2.24) is 15.3 Å². The third-order valence-corrected chi connectivity index (χ3v) is 3.92. The molecule has 0 bridgehead atoms. The Bertz CT molecular complexity index is 331. The summed E-state index contributed by atoms with van der Waals surface area (Å²) in [6.07, 6.45) is 12.2. The quantitative estimate of drug-likeness (QED) is 0.868. The Morgan fingerprint density at radius 1 is 1.29 bits per heavy atom. The van der Waals surface area contributed by atoms with E-state index in [1.807, 2.05) is 6.20 Å². The lowest BCUT2D eigenvalue weighted by Crippen LogP contribution is -2.35. The lowest BCUT2D eigenvalue weighted by molar-refractivity contribution is 0.201. The molecule has 2 rings (SSSR count). The number of hydrogen-bond acceptors (Lipinski definition) is 3. The molecule has 0 spiro atoms. The molecule has 1 heterocycles. The van der Waals surface area contributed by atoms with Crippen molar-refractivity contribution in [3.05, 3.63) is 24.3 Å². The van der Waals surface area contributed by atoms with Crippen LogP contribution in [0.5, 0.6) is 0 Å². The van der Waals surface area contributed by atoms with Gasteiger partial charge >= 0.3 is 0 Å². The summed E-state index contributed by atoms with van der Waals surface area (Å²) in [7, 11) is 0. The molecule has 0 amide bonds. The average molecular weight is 233 g/mol. The highest BCUT2D eigenvalue weighted by Crippen LogP contribution is 2.35. The standard InChI is InChI=1S/C14H23N3/c1-12(13-10-15-8-9-16-13)17-11-14(2)6-4-3-5-7-14/h8-10,12,17H,3-7,11H2,1-2H3. The topological polar surface area (TPSA) is 37.8 Å². The average Bonchev–Trinajstić information content (AvgIpc) is 2.38. The molecule has 1 saturated carbocycles. The zero-order valence-electron chi connectivity index (χ0n) is 10.9. The molecule has 1 fully saturated rings. The van der Waals surface area contributed by atoms with Crippen molar-refractivity contribution in [2.75, 3.05) is 6.54 Å². The Morgan fingerprint density at radius 2 is 2.06 bits per heavy atom. The molecule has 1 atom stereocenters. The van der Waals surface area contributed by atoms with Crippen molar-refractivity contribution in [1.29, 1.82) is 0 Å². The lowest BCUT2D eigenvalue weighted by atomic mass is 9.75. The SMILES string of the molecule is CC(NCC1(C)CCCCC1)c1cnccn1. The molecule has 0 aliphatic heterocycles. The number of hydrogen-bond donors (Lipinski definition) is 1. The highest BCUT2D eigenvalue weighted by atomic mass is 14.9. The van der Waals surface area contributed by atoms with Gasteiger partial charge in [0.15, 0.2) is 0 Å². The Kier molecular flexibility index (Phi) is 4.11. The summed E-state index contributed by atoms with van der Waals surface area (Å²) >= 11 is 0. The van der Waals surface area contributed by atoms with E-state index in [0.717, 1.165) is 12.2 Å². The van der Waals surface area contributed by atoms with Gasteiger partial charge in [0.25, 0.3) is 0 Å². The molecule has 1 aromatic rings. The predicted octanol–water partition coefficient (Wildman–Crippen LogP) is 3.10. The molecule has 0 aromatic carbocycles. The number of nitrogens with one attached hydrogen (secondary N) is 1. The molecule has 3 heteroatoms. The van der Waals surface area contributed by atoms with Crippen molar-refractivity contribution < 1.29 is 0 Å². The van der Waals surface area contributed by atoms with Gasteiger partial charge in [0.1, 0.15) is 0 Å². The summed E-state index contributed by atoms with van der Waals surface area (Å²) in [6, 6.07) is 0.294. The summed E-state index contributed by atoms with van der Waals surface area (Å²) in [5, 5.41) is 3.61. The van der Waals surface area contributed by atoms with E-state index < -0.39 is 0 Å². The molecule has 94 valence electrons. The van der Waals surface area contributed by atoms with E-state index in [1.165, 1.54) is 32.1 Å². The van der Waals surface area contributed by atoms with Gasteiger partial charge in [-0.25, -0.2) is 0 Å². The van der Waals surface area contributed by atoms with Crippen LogP contribution in [0.15, 0.2) is 18.6 Å². The van der Waals surface area contributed by atoms with E-state index in [-0.39, 0.29) is 0 Å². The van der Waals surface area contributed by atoms with Crippen molar-refractivity contribution in [3.63, 3.8) is 0 Å². The maximum Gasteiger partial charge on any atom is 0.0753 e. The first-order valence-corrected chi connectivity index (χ1v) is 6.69. The van der Waals surface area contributed by atoms with Crippen molar-refractivity contribution in [2.24, 2.45) is 5.41 Å². The van der Waals surface area contributed by atoms with Gasteiger partial charge in [0, 0.05) is 31.2 Å². The molecule has 1 aliphatic carbocycles. The summed E-state index contributed by atoms with van der Waals surface area (Å²) in [5.74, 6) is 0. The summed E-state index contributed by atoms with van der Waals surface area (Å²) in [4.78, 5) is 8.46. The smallest absolute Gasteiger partial charge is 0.0753 e. The maximum absolute atomic E-state index is 4.34. The van der Waals surface area contributed by atoms with Crippen LogP contribution in [0.25, 0.3) is 0 Å². The molecule has 1 aromatic heterocycles. The molecule has 3 nitrogen and oxygen atoms in total. The highest BCUT2D eigenvalue weighted by molar-refractivity contribution is 5.00. The van der Waals surface area contributed by atoms with Crippen LogP contribution in [0.2, 0.25) is 0 Å². The van der Waals surface area contributed by atoms with Crippen molar-refractivity contribution >= 4 is 0 Å². The van der Waals surface area contributed by atoms with E-state index in [9.17, 15) is 0 Å². The number of aromatic nitrogens is 2. The zero-order valence-corrected chi connectivity index (χ0v) is 10.9. The maximum atomic E-state index is 4.34. The van der Waals surface area contributed by atoms with Gasteiger partial charge in [-0.3, -0.25) is 9.97 Å². The van der Waals surface area contributed by atoms with E-state index in [4.69, 9.17) is 0 Å². The second kappa shape index (κ2) is 5.58. The summed E-state index contributed by atoms with van der Waals surface area (Å²) in [5.41, 5.74) is 1.52. The number of nitrogens with zero attached hydrogens (tertiary/aromatic N) is 2. The van der Waals surface area contributed by atoms with Crippen molar-refractivity contribution in [2.45, 2.75) is 52.0 Å². The van der Waals surface area contributed by atoms with Gasteiger partial charge in [0.05, 0.1) is 5.69 Å². The monoisotopic (exact) mass is 233 g/mol. The minimum Gasteiger partial charge on any atom is -0.308 e. The van der Waals surface area contributed by atoms with E-state index >= 15 is 0 Å². The first-order valence-electron chi connectivity index (χ1n) is 6.69. The molecule has 1 N–H and O–H groups in total. The fourth-order valence-electron chi connectivity index (χ4n) is 2.62. The Labute approximate surface area is 104 Å². The van der Waals surface area contributed by atoms with Crippen LogP contribution in [0.1, 0.15) is 57.7 Å². The molecule has 1 aliphatic rings. The van der Waals surface area contributed by atoms with Gasteiger partial charge in [0.2, 0.25) is 0 Å². The summed E-state index contributed by atoms with van der Waals surface area (Å²) < 4.78 is 0. The van der Waals surface area contributed by atoms with Crippen LogP contribution in [0, 0.1) is 5.41 Å². The van der Waals surface area contributed by atoms with Gasteiger partial charge in [-0.05, 0) is 25.2 Å². The number of rotatable bonds is 4. The van der Waals surface area contributed by atoms with Crippen molar-refractivity contribution in [3.8, 4) is 0 Å². The van der Waals surface area contributed by atoms with E-state index in [2.05, 4.69) is 29.1 Å². The Morgan fingerprint density at radius 3 is 2.71 bits per heavy atom. The molecule has 1 unspecified atom stereocenters. The summed E-state index contributed by atoms with van der Waals surface area (Å²) in [6.45, 7) is 5.66. The zero-order chi connectivity index (χ0) is 12.1. The minimum atomic E-state index is 0.294. The van der Waals surface area contributed by atoms with Crippen LogP contribution in [-0.4, -0.2) is 16.5 Å². The molecular formula is C14H23N3. The minimum absolute atomic E-state index is 0.294. The molecule has 0 saturated heterocycles. The third kappa shape index (κ3) is 3.50. The first-order chi connectivity index (χ1) is 8.20. The molecular weight excluding hydrogens is 210 g/mol.